The van der Waals surface area contributed by atoms with E-state index in [1.54, 1.807) is 42.6 Å². The molecule has 6 heterocycles. The van der Waals surface area contributed by atoms with Gasteiger partial charge in [0, 0.05) is 81.8 Å². The minimum absolute atomic E-state index is 0.00422. The third kappa shape index (κ3) is 15.1. The van der Waals surface area contributed by atoms with E-state index >= 15 is 0 Å². The summed E-state index contributed by atoms with van der Waals surface area (Å²) < 4.78 is 71.1. The number of nitrogens with one attached hydrogen (secondary N) is 6. The molecular formula is C84H87F5N12O3. The molecule has 0 bridgehead atoms. The van der Waals surface area contributed by atoms with Crippen molar-refractivity contribution >= 4 is 83.5 Å². The molecule has 3 atom stereocenters. The molecule has 5 saturated carbocycles. The lowest BCUT2D eigenvalue weighted by molar-refractivity contribution is 0.0936. The number of H-pyrrole nitrogens is 3. The Morgan fingerprint density at radius 1 is 0.385 bits per heavy atom. The molecule has 3 amide bonds. The van der Waals surface area contributed by atoms with E-state index < -0.39 is 17.5 Å². The molecule has 17 rings (SSSR count). The quantitative estimate of drug-likeness (QED) is 0.0538. The monoisotopic (exact) mass is 1410 g/mol. The second-order valence-corrected chi connectivity index (χ2v) is 30.3. The first-order valence-corrected chi connectivity index (χ1v) is 37.2. The fourth-order valence-electron chi connectivity index (χ4n) is 16.5. The summed E-state index contributed by atoms with van der Waals surface area (Å²) in [6.45, 7) is 10.5. The van der Waals surface area contributed by atoms with Gasteiger partial charge in [0.15, 0.2) is 11.6 Å². The molecule has 1 unspecified atom stereocenters. The Bertz CT molecular complexity index is 4990. The third-order valence-corrected chi connectivity index (χ3v) is 23.0. The Kier molecular flexibility index (Phi) is 19.9. The van der Waals surface area contributed by atoms with Crippen LogP contribution in [0.25, 0.3) is 65.8 Å². The van der Waals surface area contributed by atoms with Gasteiger partial charge >= 0.3 is 0 Å². The Labute approximate surface area is 600 Å². The van der Waals surface area contributed by atoms with Gasteiger partial charge in [-0.25, -0.2) is 36.9 Å². The number of rotatable bonds is 15. The lowest BCUT2D eigenvalue weighted by Crippen LogP contribution is -2.29. The van der Waals surface area contributed by atoms with E-state index in [4.69, 9.17) is 9.97 Å². The summed E-state index contributed by atoms with van der Waals surface area (Å²) in [5.74, 6) is 2.16. The molecule has 0 aliphatic heterocycles. The van der Waals surface area contributed by atoms with Crippen LogP contribution in [-0.4, -0.2) is 80.7 Å². The zero-order valence-corrected chi connectivity index (χ0v) is 59.2. The average molecular weight is 1410 g/mol. The number of hydrogen-bond acceptors (Lipinski definition) is 9. The number of aromatic amines is 3. The van der Waals surface area contributed by atoms with Gasteiger partial charge in [0.05, 0.1) is 49.7 Å². The van der Waals surface area contributed by atoms with Gasteiger partial charge in [0.2, 0.25) is 0 Å². The summed E-state index contributed by atoms with van der Waals surface area (Å²) in [7, 11) is 0. The molecule has 0 spiro atoms. The van der Waals surface area contributed by atoms with Crippen molar-refractivity contribution in [1.29, 1.82) is 0 Å². The van der Waals surface area contributed by atoms with Crippen LogP contribution in [0.2, 0.25) is 0 Å². The van der Waals surface area contributed by atoms with E-state index in [1.807, 2.05) is 68.7 Å². The fourth-order valence-corrected chi connectivity index (χ4v) is 16.5. The maximum absolute atomic E-state index is 14.8. The van der Waals surface area contributed by atoms with Crippen LogP contribution >= 0.6 is 0 Å². The largest absolute Gasteiger partial charge is 0.350 e. The van der Waals surface area contributed by atoms with E-state index in [0.717, 1.165) is 175 Å². The summed E-state index contributed by atoms with van der Waals surface area (Å²) in [5.41, 5.74) is 11.0. The number of halogens is 5. The van der Waals surface area contributed by atoms with E-state index in [-0.39, 0.29) is 58.3 Å². The highest BCUT2D eigenvalue weighted by molar-refractivity contribution is 5.99. The highest BCUT2D eigenvalue weighted by Crippen LogP contribution is 2.47. The number of amides is 3. The Morgan fingerprint density at radius 3 is 1.14 bits per heavy atom. The predicted octanol–water partition coefficient (Wildman–Crippen LogP) is 19.2. The van der Waals surface area contributed by atoms with Crippen molar-refractivity contribution in [3.05, 3.63) is 214 Å². The van der Waals surface area contributed by atoms with E-state index in [9.17, 15) is 36.3 Å². The van der Waals surface area contributed by atoms with Crippen molar-refractivity contribution in [3.63, 3.8) is 0 Å². The molecule has 0 saturated heterocycles. The minimum atomic E-state index is -1.16. The topological polar surface area (TPSA) is 212 Å². The zero-order valence-electron chi connectivity index (χ0n) is 59.2. The molecule has 15 nitrogen and oxygen atoms in total. The standard InChI is InChI=1S/C28H27F3N4O.C28H29FN4O.C28H31FN4O/c1-14(15-2-4-16(5-3-15)19-10-11-32-22-9-6-17(29)12-20(19)22)27-34-23-13-21(28(36)33-18-7-8-18)24(30)25(31)26(23)35-27;1-16(27-32-25-10-6-19(14-26(25)33-27)28(34)31-21-8-9-21)17-2-4-18(5-3-17)22-12-13-30-24-11-7-20(29)15-23(22)24;1-16(2)31-28(34)20-8-10-25-26(14-20)33-27(32-25)17(3)18-4-6-19(7-5-18)22-12-13-30-24-11-9-21(29)15-23(22)24/h6,9-16,18H,2-5,7-8H2,1H3,(H,33,36)(H,34,35);6-7,10-18,21H,2-5,8-9H2,1H3,(H,31,34)(H,32,33);8-19H,4-7H2,1-3H3,(H,31,34)(H,32,33)/t;16-,17?,18?;17-,18?,19?/m.11/s1. The van der Waals surface area contributed by atoms with Crippen molar-refractivity contribution in [2.45, 2.75) is 191 Å². The van der Waals surface area contributed by atoms with Crippen molar-refractivity contribution in [2.24, 2.45) is 17.8 Å². The van der Waals surface area contributed by atoms with Crippen LogP contribution < -0.4 is 16.0 Å². The number of aromatic nitrogens is 9. The van der Waals surface area contributed by atoms with Crippen LogP contribution in [0, 0.1) is 46.8 Å². The normalized spacial score (nSPS) is 20.8. The molecule has 536 valence electrons. The average Bonchev–Trinajstić information content (AvgIpc) is 1.58. The van der Waals surface area contributed by atoms with Crippen LogP contribution in [-0.2, 0) is 0 Å². The number of imidazole rings is 3. The van der Waals surface area contributed by atoms with Crippen LogP contribution in [0.15, 0.2) is 134 Å². The molecular weight excluding hydrogens is 1320 g/mol. The fraction of sp³-hybridized carbons (Fsp3) is 0.393. The maximum Gasteiger partial charge on any atom is 0.254 e. The van der Waals surface area contributed by atoms with Crippen molar-refractivity contribution in [1.82, 2.24) is 60.8 Å². The first-order valence-electron chi connectivity index (χ1n) is 37.2. The van der Waals surface area contributed by atoms with Crippen molar-refractivity contribution in [3.8, 4) is 0 Å². The number of nitrogens with zero attached hydrogens (tertiary/aromatic N) is 6. The molecule has 6 N–H and O–H groups in total. The van der Waals surface area contributed by atoms with Gasteiger partial charge in [0.25, 0.3) is 17.7 Å². The Hall–Kier alpha value is -9.98. The number of pyridine rings is 3. The van der Waals surface area contributed by atoms with E-state index in [1.165, 1.54) is 35.4 Å². The van der Waals surface area contributed by atoms with Gasteiger partial charge in [-0.1, -0.05) is 20.8 Å². The molecule has 20 heteroatoms. The zero-order chi connectivity index (χ0) is 72.0. The van der Waals surface area contributed by atoms with Gasteiger partial charge in [-0.3, -0.25) is 29.3 Å². The maximum atomic E-state index is 14.8. The summed E-state index contributed by atoms with van der Waals surface area (Å²) in [5, 5.41) is 11.4. The van der Waals surface area contributed by atoms with Gasteiger partial charge in [-0.05, 0) is 284 Å². The molecule has 104 heavy (non-hydrogen) atoms. The summed E-state index contributed by atoms with van der Waals surface area (Å²) in [6.07, 6.45) is 21.8. The van der Waals surface area contributed by atoms with Crippen LogP contribution in [0.3, 0.4) is 0 Å². The molecule has 12 aromatic rings. The van der Waals surface area contributed by atoms with Gasteiger partial charge in [0.1, 0.15) is 40.4 Å². The highest BCUT2D eigenvalue weighted by Gasteiger charge is 2.35. The lowest BCUT2D eigenvalue weighted by Gasteiger charge is -2.32. The summed E-state index contributed by atoms with van der Waals surface area (Å²) in [4.78, 5) is 74.5. The number of hydrogen-bond donors (Lipinski definition) is 6. The SMILES string of the molecule is CC(C)NC(=O)c1ccc2nc([C@H](C)C3CCC(c4ccnc5ccc(F)cc45)CC3)[nH]c2c1.CC(c1nc2c(F)c(F)c(C(=O)NC3CC3)cc2[nH]1)C1CCC(c2ccnc3ccc(F)cc23)CC1.C[C@@H](c1nc2ccc(C(=O)NC3CC3)cc2[nH]1)C1CCC(c2ccnc3ccc(F)cc23)CC1. The molecule has 6 aromatic heterocycles. The molecule has 6 aromatic carbocycles. The lowest BCUT2D eigenvalue weighted by atomic mass is 9.73. The van der Waals surface area contributed by atoms with Crippen molar-refractivity contribution in [2.75, 3.05) is 0 Å². The van der Waals surface area contributed by atoms with Gasteiger partial charge in [-0.15, -0.1) is 0 Å². The highest BCUT2D eigenvalue weighted by atomic mass is 19.2. The second-order valence-electron chi connectivity index (χ2n) is 30.3. The number of carbonyl (C=O) groups excluding carboxylic acids is 3. The minimum Gasteiger partial charge on any atom is -0.350 e. The molecule has 5 aliphatic rings. The molecule has 5 aliphatic carbocycles. The predicted molar refractivity (Wildman–Crippen MR) is 396 cm³/mol. The smallest absolute Gasteiger partial charge is 0.254 e. The molecule has 5 fully saturated rings. The van der Waals surface area contributed by atoms with Crippen molar-refractivity contribution < 1.29 is 36.3 Å². The third-order valence-electron chi connectivity index (χ3n) is 23.0. The van der Waals surface area contributed by atoms with E-state index in [0.29, 0.717) is 75.9 Å². The second kappa shape index (κ2) is 29.6. The van der Waals surface area contributed by atoms with Gasteiger partial charge in [-0.2, -0.15) is 0 Å². The van der Waals surface area contributed by atoms with E-state index in [2.05, 4.69) is 83.7 Å². The molecule has 0 radical (unpaired) electrons. The summed E-state index contributed by atoms with van der Waals surface area (Å²) >= 11 is 0. The Morgan fingerprint density at radius 2 is 0.750 bits per heavy atom. The number of benzene rings is 6. The Balaban J connectivity index is 0.000000126. The number of carbonyl (C=O) groups is 3. The van der Waals surface area contributed by atoms with Gasteiger partial charge < -0.3 is 30.9 Å². The first-order chi connectivity index (χ1) is 50.3. The van der Waals surface area contributed by atoms with Crippen LogP contribution in [0.4, 0.5) is 22.0 Å². The summed E-state index contributed by atoms with van der Waals surface area (Å²) in [6, 6.07) is 33.8. The number of fused-ring (bicyclic) bond motifs is 6. The first kappa shape index (κ1) is 69.7. The van der Waals surface area contributed by atoms with Crippen LogP contribution in [0.1, 0.15) is 238 Å². The van der Waals surface area contributed by atoms with Crippen LogP contribution in [0.5, 0.6) is 0 Å².